The molecule has 186 valence electrons. The second kappa shape index (κ2) is 9.42. The largest absolute Gasteiger partial charge is 0.459 e. The summed E-state index contributed by atoms with van der Waals surface area (Å²) in [7, 11) is 0. The SMILES string of the molecule is Cc1cc(Cl)ccc1[C@@]1(N)[C@H](CC(C)(C)C)N[C@@H](C(=O)OC(C)(C)C)[C@@H]1c1cccc(Cl)c1F. The summed E-state index contributed by atoms with van der Waals surface area (Å²) >= 11 is 12.4. The van der Waals surface area contributed by atoms with E-state index in [1.54, 1.807) is 39.0 Å². The van der Waals surface area contributed by atoms with Gasteiger partial charge < -0.3 is 10.5 Å². The number of esters is 1. The van der Waals surface area contributed by atoms with E-state index < -0.39 is 34.9 Å². The molecule has 0 amide bonds. The molecule has 1 fully saturated rings. The van der Waals surface area contributed by atoms with Gasteiger partial charge in [-0.05, 0) is 74.4 Å². The molecule has 4 nitrogen and oxygen atoms in total. The third kappa shape index (κ3) is 5.43. The van der Waals surface area contributed by atoms with Crippen molar-refractivity contribution in [2.75, 3.05) is 0 Å². The highest BCUT2D eigenvalue weighted by Crippen LogP contribution is 2.50. The Bertz CT molecular complexity index is 1080. The topological polar surface area (TPSA) is 64.3 Å². The average molecular weight is 509 g/mol. The molecule has 7 heteroatoms. The number of hydrogen-bond acceptors (Lipinski definition) is 4. The number of carbonyl (C=O) groups is 1. The van der Waals surface area contributed by atoms with Crippen LogP contribution in [-0.4, -0.2) is 23.7 Å². The molecule has 2 aromatic carbocycles. The molecule has 1 aliphatic heterocycles. The van der Waals surface area contributed by atoms with Crippen molar-refractivity contribution >= 4 is 29.2 Å². The lowest BCUT2D eigenvalue weighted by atomic mass is 9.67. The van der Waals surface area contributed by atoms with Crippen LogP contribution in [0, 0.1) is 18.2 Å². The normalized spacial score (nSPS) is 25.4. The van der Waals surface area contributed by atoms with Gasteiger partial charge in [-0.2, -0.15) is 0 Å². The van der Waals surface area contributed by atoms with Gasteiger partial charge in [0.05, 0.1) is 10.6 Å². The fraction of sp³-hybridized carbons (Fsp3) is 0.519. The van der Waals surface area contributed by atoms with Crippen LogP contribution in [0.2, 0.25) is 10.0 Å². The summed E-state index contributed by atoms with van der Waals surface area (Å²) in [6.45, 7) is 13.7. The van der Waals surface area contributed by atoms with E-state index in [2.05, 4.69) is 26.1 Å². The summed E-state index contributed by atoms with van der Waals surface area (Å²) in [4.78, 5) is 13.5. The zero-order valence-electron chi connectivity index (χ0n) is 20.9. The molecule has 0 bridgehead atoms. The first-order chi connectivity index (χ1) is 15.5. The molecule has 3 rings (SSSR count). The fourth-order valence-corrected chi connectivity index (χ4v) is 5.43. The number of rotatable bonds is 4. The number of benzene rings is 2. The number of halogens is 3. The fourth-order valence-electron chi connectivity index (χ4n) is 5.02. The Morgan fingerprint density at radius 1 is 1.15 bits per heavy atom. The minimum absolute atomic E-state index is 0.0186. The molecule has 4 atom stereocenters. The molecule has 0 saturated carbocycles. The Morgan fingerprint density at radius 3 is 2.35 bits per heavy atom. The summed E-state index contributed by atoms with van der Waals surface area (Å²) in [5, 5.41) is 4.02. The maximum Gasteiger partial charge on any atom is 0.324 e. The number of nitrogens with one attached hydrogen (secondary N) is 1. The first-order valence-corrected chi connectivity index (χ1v) is 12.3. The minimum Gasteiger partial charge on any atom is -0.459 e. The summed E-state index contributed by atoms with van der Waals surface area (Å²) in [6.07, 6.45) is 0.642. The Hall–Kier alpha value is -1.66. The highest BCUT2D eigenvalue weighted by Gasteiger charge is 2.58. The summed E-state index contributed by atoms with van der Waals surface area (Å²) < 4.78 is 21.3. The van der Waals surface area contributed by atoms with Gasteiger partial charge in [0.1, 0.15) is 17.5 Å². The first kappa shape index (κ1) is 26.9. The Balaban J connectivity index is 2.30. The highest BCUT2D eigenvalue weighted by molar-refractivity contribution is 6.31. The second-order valence-corrected chi connectivity index (χ2v) is 12.4. The van der Waals surface area contributed by atoms with E-state index in [1.165, 1.54) is 6.07 Å². The monoisotopic (exact) mass is 508 g/mol. The van der Waals surface area contributed by atoms with Crippen molar-refractivity contribution in [3.8, 4) is 0 Å². The zero-order chi connectivity index (χ0) is 25.6. The third-order valence-corrected chi connectivity index (χ3v) is 6.78. The van der Waals surface area contributed by atoms with Crippen LogP contribution in [0.5, 0.6) is 0 Å². The van der Waals surface area contributed by atoms with Crippen molar-refractivity contribution in [3.05, 3.63) is 69.0 Å². The second-order valence-electron chi connectivity index (χ2n) is 11.5. The van der Waals surface area contributed by atoms with E-state index in [4.69, 9.17) is 33.7 Å². The van der Waals surface area contributed by atoms with Crippen LogP contribution in [0.4, 0.5) is 4.39 Å². The predicted molar refractivity (Wildman–Crippen MR) is 137 cm³/mol. The average Bonchev–Trinajstić information content (AvgIpc) is 2.94. The van der Waals surface area contributed by atoms with Gasteiger partial charge in [-0.25, -0.2) is 4.39 Å². The van der Waals surface area contributed by atoms with E-state index in [0.29, 0.717) is 11.4 Å². The third-order valence-electron chi connectivity index (χ3n) is 6.25. The quantitative estimate of drug-likeness (QED) is 0.462. The molecule has 0 spiro atoms. The standard InChI is InChI=1S/C27H35Cl2FN2O2/c1-15-13-16(28)11-12-18(15)27(31)20(14-25(2,3)4)32-23(24(33)34-26(5,6)7)21(27)17-9-8-10-19(29)22(17)30/h8-13,20-21,23,32H,14,31H2,1-7H3/t20-,21-,23+,27+/m0/s1. The predicted octanol–water partition coefficient (Wildman–Crippen LogP) is 6.50. The molecular weight excluding hydrogens is 474 g/mol. The summed E-state index contributed by atoms with van der Waals surface area (Å²) in [5.74, 6) is -1.83. The molecule has 1 heterocycles. The number of ether oxygens (including phenoxy) is 1. The molecule has 0 unspecified atom stereocenters. The molecule has 0 aliphatic carbocycles. The van der Waals surface area contributed by atoms with Crippen LogP contribution in [0.15, 0.2) is 36.4 Å². The molecule has 3 N–H and O–H groups in total. The summed E-state index contributed by atoms with van der Waals surface area (Å²) in [5.41, 5.74) is 7.31. The van der Waals surface area contributed by atoms with E-state index >= 15 is 4.39 Å². The van der Waals surface area contributed by atoms with Gasteiger partial charge >= 0.3 is 5.97 Å². The Morgan fingerprint density at radius 2 is 1.79 bits per heavy atom. The lowest BCUT2D eigenvalue weighted by Crippen LogP contribution is -2.52. The van der Waals surface area contributed by atoms with Gasteiger partial charge in [0.2, 0.25) is 0 Å². The Kier molecular flexibility index (Phi) is 7.46. The van der Waals surface area contributed by atoms with Crippen LogP contribution in [0.25, 0.3) is 0 Å². The molecule has 0 radical (unpaired) electrons. The van der Waals surface area contributed by atoms with Gasteiger partial charge in [-0.3, -0.25) is 10.1 Å². The van der Waals surface area contributed by atoms with Crippen LogP contribution in [-0.2, 0) is 15.1 Å². The van der Waals surface area contributed by atoms with Crippen molar-refractivity contribution < 1.29 is 13.9 Å². The number of hydrogen-bond donors (Lipinski definition) is 2. The van der Waals surface area contributed by atoms with Gasteiger partial charge in [0.15, 0.2) is 0 Å². The summed E-state index contributed by atoms with van der Waals surface area (Å²) in [6, 6.07) is 9.08. The Labute approximate surface area is 212 Å². The van der Waals surface area contributed by atoms with Crippen molar-refractivity contribution in [2.45, 2.75) is 84.0 Å². The van der Waals surface area contributed by atoms with Crippen molar-refractivity contribution in [3.63, 3.8) is 0 Å². The smallest absolute Gasteiger partial charge is 0.324 e. The van der Waals surface area contributed by atoms with Gasteiger partial charge in [0, 0.05) is 17.0 Å². The minimum atomic E-state index is -1.14. The van der Waals surface area contributed by atoms with E-state index in [-0.39, 0.29) is 22.0 Å². The van der Waals surface area contributed by atoms with E-state index in [1.807, 2.05) is 19.1 Å². The maximum atomic E-state index is 15.5. The van der Waals surface area contributed by atoms with Crippen LogP contribution >= 0.6 is 23.2 Å². The number of nitrogens with two attached hydrogens (primary N) is 1. The van der Waals surface area contributed by atoms with Crippen LogP contribution < -0.4 is 11.1 Å². The highest BCUT2D eigenvalue weighted by atomic mass is 35.5. The van der Waals surface area contributed by atoms with Crippen LogP contribution in [0.1, 0.15) is 70.6 Å². The first-order valence-electron chi connectivity index (χ1n) is 11.5. The molecule has 1 aliphatic rings. The van der Waals surface area contributed by atoms with E-state index in [0.717, 1.165) is 11.1 Å². The number of carbonyl (C=O) groups excluding carboxylic acids is 1. The molecule has 0 aromatic heterocycles. The van der Waals surface area contributed by atoms with Crippen molar-refractivity contribution in [1.29, 1.82) is 0 Å². The lowest BCUT2D eigenvalue weighted by Gasteiger charge is -2.40. The van der Waals surface area contributed by atoms with Crippen molar-refractivity contribution in [2.24, 2.45) is 11.1 Å². The van der Waals surface area contributed by atoms with E-state index in [9.17, 15) is 4.79 Å². The van der Waals surface area contributed by atoms with Gasteiger partial charge in [0.25, 0.3) is 0 Å². The van der Waals surface area contributed by atoms with Gasteiger partial charge in [-0.15, -0.1) is 0 Å². The van der Waals surface area contributed by atoms with Gasteiger partial charge in [-0.1, -0.05) is 62.2 Å². The molecule has 34 heavy (non-hydrogen) atoms. The molecular formula is C27H35Cl2FN2O2. The maximum absolute atomic E-state index is 15.5. The molecule has 1 saturated heterocycles. The zero-order valence-corrected chi connectivity index (χ0v) is 22.4. The van der Waals surface area contributed by atoms with Crippen LogP contribution in [0.3, 0.4) is 0 Å². The lowest BCUT2D eigenvalue weighted by molar-refractivity contribution is -0.157. The number of aryl methyl sites for hydroxylation is 1. The molecule has 2 aromatic rings. The van der Waals surface area contributed by atoms with Crippen molar-refractivity contribution in [1.82, 2.24) is 5.32 Å².